The highest BCUT2D eigenvalue weighted by atomic mass is 16.5. The minimum atomic E-state index is 0.235. The summed E-state index contributed by atoms with van der Waals surface area (Å²) in [4.78, 5) is 0. The zero-order chi connectivity index (χ0) is 15.8. The number of methoxy groups -OCH3 is 1. The largest absolute Gasteiger partial charge is 0.493 e. The second-order valence-corrected chi connectivity index (χ2v) is 4.99. The monoisotopic (exact) mass is 295 g/mol. The average molecular weight is 295 g/mol. The van der Waals surface area contributed by atoms with Crippen LogP contribution in [0.4, 0.5) is 0 Å². The van der Waals surface area contributed by atoms with Gasteiger partial charge in [-0.25, -0.2) is 0 Å². The molecule has 0 heterocycles. The summed E-state index contributed by atoms with van der Waals surface area (Å²) in [5.74, 6) is 3.81. The summed E-state index contributed by atoms with van der Waals surface area (Å²) in [6, 6.07) is 16.5. The molecule has 0 unspecified atom stereocenters. The lowest BCUT2D eigenvalue weighted by molar-refractivity contribution is 0.330. The average Bonchev–Trinajstić information content (AvgIpc) is 2.58. The van der Waals surface area contributed by atoms with Gasteiger partial charge in [-0.2, -0.15) is 0 Å². The predicted molar refractivity (Wildman–Crippen MR) is 89.0 cm³/mol. The molecule has 114 valence electrons. The van der Waals surface area contributed by atoms with Crippen LogP contribution < -0.4 is 14.8 Å². The molecule has 2 rings (SSSR count). The Morgan fingerprint density at radius 1 is 1.14 bits per heavy atom. The van der Waals surface area contributed by atoms with Crippen LogP contribution in [0.1, 0.15) is 24.1 Å². The fraction of sp³-hybridized carbons (Fsp3) is 0.263. The van der Waals surface area contributed by atoms with Gasteiger partial charge < -0.3 is 14.8 Å². The lowest BCUT2D eigenvalue weighted by Gasteiger charge is -2.15. The van der Waals surface area contributed by atoms with Crippen LogP contribution in [0.25, 0.3) is 0 Å². The Morgan fingerprint density at radius 2 is 1.91 bits per heavy atom. The van der Waals surface area contributed by atoms with E-state index in [0.29, 0.717) is 11.5 Å². The SMILES string of the molecule is C#CCOc1ccc(CN[C@H](C)c2ccccc2)cc1OC. The van der Waals surface area contributed by atoms with Crippen LogP contribution in [0.15, 0.2) is 48.5 Å². The minimum absolute atomic E-state index is 0.235. The van der Waals surface area contributed by atoms with E-state index in [1.807, 2.05) is 36.4 Å². The van der Waals surface area contributed by atoms with Crippen LogP contribution in [0.2, 0.25) is 0 Å². The molecule has 3 nitrogen and oxygen atoms in total. The van der Waals surface area contributed by atoms with Crippen molar-refractivity contribution in [1.82, 2.24) is 5.32 Å². The third-order valence-corrected chi connectivity index (χ3v) is 3.45. The molecule has 0 aromatic heterocycles. The fourth-order valence-electron chi connectivity index (χ4n) is 2.19. The molecule has 1 N–H and O–H groups in total. The molecule has 0 aliphatic heterocycles. The van der Waals surface area contributed by atoms with Gasteiger partial charge in [0.25, 0.3) is 0 Å². The van der Waals surface area contributed by atoms with Gasteiger partial charge in [-0.1, -0.05) is 42.3 Å². The molecule has 2 aromatic carbocycles. The van der Waals surface area contributed by atoms with Crippen molar-refractivity contribution >= 4 is 0 Å². The van der Waals surface area contributed by atoms with Crippen LogP contribution in [-0.2, 0) is 6.54 Å². The molecule has 3 heteroatoms. The highest BCUT2D eigenvalue weighted by molar-refractivity contribution is 5.43. The molecule has 0 amide bonds. The maximum Gasteiger partial charge on any atom is 0.162 e. The van der Waals surface area contributed by atoms with Crippen LogP contribution >= 0.6 is 0 Å². The van der Waals surface area contributed by atoms with Gasteiger partial charge in [-0.3, -0.25) is 0 Å². The lowest BCUT2D eigenvalue weighted by Crippen LogP contribution is -2.18. The first-order valence-electron chi connectivity index (χ1n) is 7.26. The maximum atomic E-state index is 5.45. The second-order valence-electron chi connectivity index (χ2n) is 4.99. The Balaban J connectivity index is 2.00. The number of nitrogens with one attached hydrogen (secondary N) is 1. The zero-order valence-electron chi connectivity index (χ0n) is 13.0. The van der Waals surface area contributed by atoms with Gasteiger partial charge >= 0.3 is 0 Å². The molecule has 22 heavy (non-hydrogen) atoms. The first kappa shape index (κ1) is 15.9. The van der Waals surface area contributed by atoms with E-state index in [1.165, 1.54) is 5.56 Å². The van der Waals surface area contributed by atoms with Crippen molar-refractivity contribution in [1.29, 1.82) is 0 Å². The van der Waals surface area contributed by atoms with Crippen LogP contribution in [0.3, 0.4) is 0 Å². The quantitative estimate of drug-likeness (QED) is 0.792. The Hall–Kier alpha value is -2.44. The van der Waals surface area contributed by atoms with E-state index >= 15 is 0 Å². The Labute approximate surface area is 132 Å². The number of ether oxygens (including phenoxy) is 2. The summed E-state index contributed by atoms with van der Waals surface area (Å²) in [6.07, 6.45) is 5.21. The third-order valence-electron chi connectivity index (χ3n) is 3.45. The van der Waals surface area contributed by atoms with Crippen molar-refractivity contribution in [3.05, 3.63) is 59.7 Å². The van der Waals surface area contributed by atoms with Gasteiger partial charge in [0.05, 0.1) is 7.11 Å². The molecule has 0 radical (unpaired) electrons. The molecule has 0 spiro atoms. The third kappa shape index (κ3) is 4.28. The van der Waals surface area contributed by atoms with Crippen LogP contribution in [-0.4, -0.2) is 13.7 Å². The van der Waals surface area contributed by atoms with E-state index < -0.39 is 0 Å². The van der Waals surface area contributed by atoms with E-state index in [1.54, 1.807) is 7.11 Å². The number of terminal acetylenes is 1. The van der Waals surface area contributed by atoms with Gasteiger partial charge in [-0.15, -0.1) is 6.42 Å². The van der Waals surface area contributed by atoms with Gasteiger partial charge in [-0.05, 0) is 30.2 Å². The van der Waals surface area contributed by atoms with Gasteiger partial charge in [0, 0.05) is 12.6 Å². The highest BCUT2D eigenvalue weighted by Gasteiger charge is 2.07. The Bertz CT molecular complexity index is 632. The van der Waals surface area contributed by atoms with Crippen molar-refractivity contribution in [3.63, 3.8) is 0 Å². The summed E-state index contributed by atoms with van der Waals surface area (Å²) in [5.41, 5.74) is 2.40. The van der Waals surface area contributed by atoms with Crippen LogP contribution in [0.5, 0.6) is 11.5 Å². The lowest BCUT2D eigenvalue weighted by atomic mass is 10.1. The van der Waals surface area contributed by atoms with E-state index in [-0.39, 0.29) is 12.6 Å². The molecule has 2 aromatic rings. The Morgan fingerprint density at radius 3 is 2.59 bits per heavy atom. The first-order chi connectivity index (χ1) is 10.7. The van der Waals surface area contributed by atoms with Gasteiger partial charge in [0.2, 0.25) is 0 Å². The van der Waals surface area contributed by atoms with Crippen molar-refractivity contribution in [2.24, 2.45) is 0 Å². The maximum absolute atomic E-state index is 5.45. The topological polar surface area (TPSA) is 30.5 Å². The number of hydrogen-bond donors (Lipinski definition) is 1. The second kappa shape index (κ2) is 8.11. The summed E-state index contributed by atoms with van der Waals surface area (Å²) >= 11 is 0. The number of rotatable bonds is 7. The summed E-state index contributed by atoms with van der Waals surface area (Å²) < 4.78 is 10.8. The van der Waals surface area contributed by atoms with E-state index in [0.717, 1.165) is 12.1 Å². The first-order valence-corrected chi connectivity index (χ1v) is 7.26. The predicted octanol–water partition coefficient (Wildman–Crippen LogP) is 3.56. The molecular weight excluding hydrogens is 274 g/mol. The van der Waals surface area contributed by atoms with E-state index in [4.69, 9.17) is 15.9 Å². The molecule has 0 fully saturated rings. The highest BCUT2D eigenvalue weighted by Crippen LogP contribution is 2.28. The molecular formula is C19H21NO2. The number of benzene rings is 2. The van der Waals surface area contributed by atoms with Crippen molar-refractivity contribution in [2.75, 3.05) is 13.7 Å². The van der Waals surface area contributed by atoms with Gasteiger partial charge in [0.1, 0.15) is 6.61 Å². The molecule has 0 saturated carbocycles. The standard InChI is InChI=1S/C19H21NO2/c1-4-12-22-18-11-10-16(13-19(18)21-3)14-20-15(2)17-8-6-5-7-9-17/h1,5-11,13,15,20H,12,14H2,2-3H3/t15-/m1/s1. The normalized spacial score (nSPS) is 11.5. The minimum Gasteiger partial charge on any atom is -0.493 e. The van der Waals surface area contributed by atoms with Crippen LogP contribution in [0, 0.1) is 12.3 Å². The number of hydrogen-bond acceptors (Lipinski definition) is 3. The zero-order valence-corrected chi connectivity index (χ0v) is 13.0. The molecule has 1 atom stereocenters. The fourth-order valence-corrected chi connectivity index (χ4v) is 2.19. The van der Waals surface area contributed by atoms with E-state index in [9.17, 15) is 0 Å². The van der Waals surface area contributed by atoms with Crippen molar-refractivity contribution < 1.29 is 9.47 Å². The van der Waals surface area contributed by atoms with Crippen molar-refractivity contribution in [3.8, 4) is 23.8 Å². The molecule has 0 saturated heterocycles. The Kier molecular flexibility index (Phi) is 5.88. The van der Waals surface area contributed by atoms with E-state index in [2.05, 4.69) is 30.3 Å². The smallest absolute Gasteiger partial charge is 0.162 e. The summed E-state index contributed by atoms with van der Waals surface area (Å²) in [6.45, 7) is 3.14. The molecule has 0 aliphatic rings. The molecule has 0 aliphatic carbocycles. The summed E-state index contributed by atoms with van der Waals surface area (Å²) in [5, 5.41) is 3.50. The molecule has 0 bridgehead atoms. The summed E-state index contributed by atoms with van der Waals surface area (Å²) in [7, 11) is 1.63. The van der Waals surface area contributed by atoms with Gasteiger partial charge in [0.15, 0.2) is 11.5 Å². The van der Waals surface area contributed by atoms with Crippen molar-refractivity contribution in [2.45, 2.75) is 19.5 Å².